The molecule has 1 saturated heterocycles. The summed E-state index contributed by atoms with van der Waals surface area (Å²) in [5.74, 6) is 0. The maximum absolute atomic E-state index is 5.72. The molecule has 0 saturated carbocycles. The molecule has 102 valence electrons. The Bertz CT molecular complexity index is 372. The first kappa shape index (κ1) is 14.0. The molecule has 18 heavy (non-hydrogen) atoms. The van der Waals surface area contributed by atoms with Crippen LogP contribution in [0.25, 0.3) is 0 Å². The Balaban J connectivity index is 1.93. The first-order valence-corrected chi connectivity index (χ1v) is 7.66. The summed E-state index contributed by atoms with van der Waals surface area (Å²) in [4.78, 5) is 5.17. The second-order valence-electron chi connectivity index (χ2n) is 4.96. The van der Waals surface area contributed by atoms with Crippen LogP contribution < -0.4 is 5.73 Å². The third-order valence-corrected chi connectivity index (χ3v) is 4.71. The Morgan fingerprint density at radius 3 is 2.94 bits per heavy atom. The summed E-state index contributed by atoms with van der Waals surface area (Å²) in [5.41, 5.74) is 7.14. The minimum Gasteiger partial charge on any atom is -0.377 e. The van der Waals surface area contributed by atoms with Gasteiger partial charge in [-0.3, -0.25) is 4.90 Å². The molecule has 3 nitrogen and oxygen atoms in total. The maximum Gasteiger partial charge on any atom is 0.0702 e. The lowest BCUT2D eigenvalue weighted by molar-refractivity contribution is 0.0725. The molecule has 2 rings (SSSR count). The van der Waals surface area contributed by atoms with Gasteiger partial charge in [-0.25, -0.2) is 0 Å². The van der Waals surface area contributed by atoms with Crippen molar-refractivity contribution in [2.75, 3.05) is 19.7 Å². The predicted octanol–water partition coefficient (Wildman–Crippen LogP) is 2.52. The molecule has 0 spiro atoms. The fourth-order valence-corrected chi connectivity index (χ4v) is 3.40. The molecule has 1 atom stereocenters. The number of thiophene rings is 1. The van der Waals surface area contributed by atoms with E-state index >= 15 is 0 Å². The molecule has 1 aliphatic heterocycles. The van der Waals surface area contributed by atoms with Gasteiger partial charge in [-0.05, 0) is 37.9 Å². The molecule has 0 amide bonds. The van der Waals surface area contributed by atoms with Crippen molar-refractivity contribution < 1.29 is 4.74 Å². The number of ether oxygens (including phenoxy) is 1. The topological polar surface area (TPSA) is 38.5 Å². The average Bonchev–Trinajstić information content (AvgIpc) is 2.99. The van der Waals surface area contributed by atoms with Gasteiger partial charge in [-0.2, -0.15) is 0 Å². The van der Waals surface area contributed by atoms with E-state index in [1.54, 1.807) is 0 Å². The van der Waals surface area contributed by atoms with Crippen molar-refractivity contribution in [3.8, 4) is 0 Å². The Morgan fingerprint density at radius 1 is 1.56 bits per heavy atom. The summed E-state index contributed by atoms with van der Waals surface area (Å²) >= 11 is 1.83. The lowest BCUT2D eigenvalue weighted by atomic mass is 10.2. The second kappa shape index (κ2) is 6.66. The van der Waals surface area contributed by atoms with E-state index in [0.717, 1.165) is 26.2 Å². The van der Waals surface area contributed by atoms with Crippen LogP contribution in [-0.2, 0) is 17.8 Å². The smallest absolute Gasteiger partial charge is 0.0702 e. The summed E-state index contributed by atoms with van der Waals surface area (Å²) < 4.78 is 5.72. The number of likely N-dealkylation sites (N-methyl/N-ethyl adjacent to an activating group) is 1. The molecule has 1 aliphatic rings. The van der Waals surface area contributed by atoms with E-state index in [-0.39, 0.29) is 0 Å². The third-order valence-electron chi connectivity index (χ3n) is 3.60. The van der Waals surface area contributed by atoms with Crippen LogP contribution in [-0.4, -0.2) is 30.7 Å². The molecule has 1 unspecified atom stereocenters. The minimum absolute atomic E-state index is 0.442. The number of aryl methyl sites for hydroxylation is 1. The van der Waals surface area contributed by atoms with E-state index in [0.29, 0.717) is 12.6 Å². The number of hydrogen-bond donors (Lipinski definition) is 1. The van der Waals surface area contributed by atoms with E-state index in [1.807, 2.05) is 11.3 Å². The van der Waals surface area contributed by atoms with E-state index in [2.05, 4.69) is 24.8 Å². The van der Waals surface area contributed by atoms with Crippen molar-refractivity contribution >= 4 is 11.3 Å². The van der Waals surface area contributed by atoms with Gasteiger partial charge in [0.1, 0.15) is 0 Å². The van der Waals surface area contributed by atoms with Gasteiger partial charge in [0.25, 0.3) is 0 Å². The van der Waals surface area contributed by atoms with Crippen molar-refractivity contribution in [2.24, 2.45) is 5.73 Å². The van der Waals surface area contributed by atoms with Crippen molar-refractivity contribution in [2.45, 2.75) is 45.9 Å². The van der Waals surface area contributed by atoms with Gasteiger partial charge in [-0.15, -0.1) is 11.3 Å². The molecule has 0 radical (unpaired) electrons. The van der Waals surface area contributed by atoms with Gasteiger partial charge in [0, 0.05) is 36.0 Å². The first-order chi connectivity index (χ1) is 8.72. The number of rotatable bonds is 6. The van der Waals surface area contributed by atoms with Crippen LogP contribution in [0.1, 0.15) is 35.1 Å². The second-order valence-corrected chi connectivity index (χ2v) is 6.30. The van der Waals surface area contributed by atoms with Gasteiger partial charge >= 0.3 is 0 Å². The molecule has 1 aromatic rings. The van der Waals surface area contributed by atoms with Crippen LogP contribution in [0, 0.1) is 6.92 Å². The summed E-state index contributed by atoms with van der Waals surface area (Å²) in [6.07, 6.45) is 2.88. The SMILES string of the molecule is CCN(Cc1cc(CN)sc1C)CC1CCCO1. The quantitative estimate of drug-likeness (QED) is 0.861. The molecule has 2 N–H and O–H groups in total. The summed E-state index contributed by atoms with van der Waals surface area (Å²) in [5, 5.41) is 0. The van der Waals surface area contributed by atoms with Crippen LogP contribution in [0.15, 0.2) is 6.07 Å². The normalized spacial score (nSPS) is 19.9. The first-order valence-electron chi connectivity index (χ1n) is 6.85. The molecular weight excluding hydrogens is 244 g/mol. The number of hydrogen-bond acceptors (Lipinski definition) is 4. The standard InChI is InChI=1S/C14H24N2OS/c1-3-16(10-13-5-4-6-17-13)9-12-7-14(8-15)18-11(12)2/h7,13H,3-6,8-10,15H2,1-2H3. The van der Waals surface area contributed by atoms with Crippen molar-refractivity contribution in [1.82, 2.24) is 4.90 Å². The monoisotopic (exact) mass is 268 g/mol. The lowest BCUT2D eigenvalue weighted by Gasteiger charge is -2.23. The van der Waals surface area contributed by atoms with E-state index in [1.165, 1.54) is 28.2 Å². The minimum atomic E-state index is 0.442. The third kappa shape index (κ3) is 3.54. The molecule has 2 heterocycles. The van der Waals surface area contributed by atoms with Crippen LogP contribution in [0.4, 0.5) is 0 Å². The van der Waals surface area contributed by atoms with Crippen molar-refractivity contribution in [3.05, 3.63) is 21.4 Å². The molecule has 1 fully saturated rings. The molecule has 0 aliphatic carbocycles. The fourth-order valence-electron chi connectivity index (χ4n) is 2.47. The fraction of sp³-hybridized carbons (Fsp3) is 0.714. The van der Waals surface area contributed by atoms with Crippen molar-refractivity contribution in [3.63, 3.8) is 0 Å². The lowest BCUT2D eigenvalue weighted by Crippen LogP contribution is -2.31. The molecule has 0 aromatic carbocycles. The van der Waals surface area contributed by atoms with E-state index < -0.39 is 0 Å². The largest absolute Gasteiger partial charge is 0.377 e. The van der Waals surface area contributed by atoms with Gasteiger partial charge in [0.15, 0.2) is 0 Å². The van der Waals surface area contributed by atoms with Gasteiger partial charge in [0.2, 0.25) is 0 Å². The van der Waals surface area contributed by atoms with Crippen molar-refractivity contribution in [1.29, 1.82) is 0 Å². The molecular formula is C14H24N2OS. The Labute approximate surface area is 114 Å². The molecule has 0 bridgehead atoms. The summed E-state index contributed by atoms with van der Waals surface area (Å²) in [7, 11) is 0. The zero-order chi connectivity index (χ0) is 13.0. The van der Waals surface area contributed by atoms with Gasteiger partial charge in [-0.1, -0.05) is 6.92 Å². The average molecular weight is 268 g/mol. The summed E-state index contributed by atoms with van der Waals surface area (Å²) in [6.45, 7) is 9.18. The van der Waals surface area contributed by atoms with Gasteiger partial charge in [0.05, 0.1) is 6.10 Å². The highest BCUT2D eigenvalue weighted by atomic mass is 32.1. The zero-order valence-electron chi connectivity index (χ0n) is 11.4. The highest BCUT2D eigenvalue weighted by Crippen LogP contribution is 2.23. The zero-order valence-corrected chi connectivity index (χ0v) is 12.3. The Morgan fingerprint density at radius 2 is 2.39 bits per heavy atom. The Hall–Kier alpha value is -0.420. The number of nitrogens with zero attached hydrogens (tertiary/aromatic N) is 1. The molecule has 1 aromatic heterocycles. The predicted molar refractivity (Wildman–Crippen MR) is 76.9 cm³/mol. The van der Waals surface area contributed by atoms with E-state index in [9.17, 15) is 0 Å². The Kier molecular flexibility index (Phi) is 5.18. The van der Waals surface area contributed by atoms with Crippen LogP contribution >= 0.6 is 11.3 Å². The highest BCUT2D eigenvalue weighted by Gasteiger charge is 2.19. The maximum atomic E-state index is 5.72. The number of nitrogens with two attached hydrogens (primary N) is 1. The highest BCUT2D eigenvalue weighted by molar-refractivity contribution is 7.12. The van der Waals surface area contributed by atoms with Crippen LogP contribution in [0.3, 0.4) is 0 Å². The van der Waals surface area contributed by atoms with Gasteiger partial charge < -0.3 is 10.5 Å². The molecule has 4 heteroatoms. The summed E-state index contributed by atoms with van der Waals surface area (Å²) in [6, 6.07) is 2.26. The van der Waals surface area contributed by atoms with E-state index in [4.69, 9.17) is 10.5 Å². The van der Waals surface area contributed by atoms with Crippen LogP contribution in [0.5, 0.6) is 0 Å². The van der Waals surface area contributed by atoms with Crippen LogP contribution in [0.2, 0.25) is 0 Å².